The second-order valence-electron chi connectivity index (χ2n) is 9.35. The lowest BCUT2D eigenvalue weighted by atomic mass is 10.1. The molecule has 0 aliphatic carbocycles. The third-order valence-electron chi connectivity index (χ3n) is 6.52. The van der Waals surface area contributed by atoms with Crippen LogP contribution in [0.25, 0.3) is 0 Å². The zero-order chi connectivity index (χ0) is 34.0. The minimum Gasteiger partial charge on any atom is -0.460 e. The Morgan fingerprint density at radius 1 is 0.435 bits per heavy atom. The summed E-state index contributed by atoms with van der Waals surface area (Å²) < 4.78 is 13.9. The number of nitrogens with zero attached hydrogens (tertiary/aromatic N) is 6. The van der Waals surface area contributed by atoms with Gasteiger partial charge in [-0.3, -0.25) is 0 Å². The van der Waals surface area contributed by atoms with E-state index >= 15 is 0 Å². The number of esters is 2. The van der Waals surface area contributed by atoms with Gasteiger partial charge in [0.15, 0.2) is 0 Å². The Hall–Kier alpha value is -5.18. The lowest BCUT2D eigenvalue weighted by molar-refractivity contribution is 0.0472. The molecule has 2 aromatic heterocycles. The topological polar surface area (TPSA) is 266 Å². The van der Waals surface area contributed by atoms with Crippen molar-refractivity contribution >= 4 is 11.9 Å². The highest BCUT2D eigenvalue weighted by molar-refractivity contribution is 5.93. The Labute approximate surface area is 256 Å². The molecule has 0 amide bonds. The maximum atomic E-state index is 12.6. The van der Waals surface area contributed by atoms with Gasteiger partial charge in [-0.15, -0.1) is 0 Å². The molecule has 0 saturated carbocycles. The van der Waals surface area contributed by atoms with Crippen LogP contribution in [0.5, 0.6) is 0 Å². The molecular formula is C26H32N6O14. The zero-order valence-corrected chi connectivity index (χ0v) is 24.3. The molecule has 20 nitrogen and oxygen atoms in total. The summed E-state index contributed by atoms with van der Waals surface area (Å²) in [5.41, 5.74) is -6.21. The van der Waals surface area contributed by atoms with Crippen LogP contribution in [0.3, 0.4) is 0 Å². The Morgan fingerprint density at radius 2 is 0.652 bits per heavy atom. The van der Waals surface area contributed by atoms with Crippen molar-refractivity contribution in [3.05, 3.63) is 98.3 Å². The quantitative estimate of drug-likeness (QED) is 0.105. The van der Waals surface area contributed by atoms with Crippen LogP contribution in [0.2, 0.25) is 0 Å². The van der Waals surface area contributed by atoms with E-state index in [1.165, 1.54) is 24.3 Å². The molecule has 0 aliphatic heterocycles. The summed E-state index contributed by atoms with van der Waals surface area (Å²) >= 11 is 0. The fraction of sp³-hybridized carbons (Fsp3) is 0.462. The number of hydrogen-bond donors (Lipinski definition) is 4. The number of ether oxygens (including phenoxy) is 2. The fourth-order valence-electron chi connectivity index (χ4n) is 4.28. The first kappa shape index (κ1) is 35.3. The Balaban J connectivity index is 1.65. The van der Waals surface area contributed by atoms with E-state index in [9.17, 15) is 38.4 Å². The number of aromatic nitrogens is 6. The summed E-state index contributed by atoms with van der Waals surface area (Å²) in [5.74, 6) is -1.77. The van der Waals surface area contributed by atoms with Crippen molar-refractivity contribution < 1.29 is 39.5 Å². The van der Waals surface area contributed by atoms with E-state index in [0.29, 0.717) is 27.4 Å². The van der Waals surface area contributed by atoms with E-state index in [1.54, 1.807) is 0 Å². The first-order chi connectivity index (χ1) is 22.0. The summed E-state index contributed by atoms with van der Waals surface area (Å²) in [4.78, 5) is 100.0. The number of rotatable bonds is 16. The molecular weight excluding hydrogens is 620 g/mol. The van der Waals surface area contributed by atoms with Crippen molar-refractivity contribution in [3.8, 4) is 0 Å². The van der Waals surface area contributed by atoms with Crippen LogP contribution in [-0.4, -0.2) is 99.4 Å². The third-order valence-corrected chi connectivity index (χ3v) is 6.52. The predicted octanol–water partition coefficient (Wildman–Crippen LogP) is -5.66. The van der Waals surface area contributed by atoms with Gasteiger partial charge < -0.3 is 29.9 Å². The molecule has 20 heteroatoms. The zero-order valence-electron chi connectivity index (χ0n) is 24.3. The van der Waals surface area contributed by atoms with Crippen LogP contribution >= 0.6 is 0 Å². The van der Waals surface area contributed by atoms with Crippen LogP contribution in [-0.2, 0) is 48.7 Å². The van der Waals surface area contributed by atoms with E-state index in [0.717, 1.165) is 0 Å². The minimum absolute atomic E-state index is 0.0195. The molecule has 0 saturated heterocycles. The van der Waals surface area contributed by atoms with E-state index in [-0.39, 0.29) is 11.1 Å². The minimum atomic E-state index is -1.04. The number of aliphatic hydroxyl groups excluding tert-OH is 4. The predicted molar refractivity (Wildman–Crippen MR) is 154 cm³/mol. The maximum Gasteiger partial charge on any atom is 0.338 e. The van der Waals surface area contributed by atoms with Crippen molar-refractivity contribution in [2.24, 2.45) is 0 Å². The number of carbonyl (C=O) groups excluding carboxylic acids is 2. The van der Waals surface area contributed by atoms with E-state index in [2.05, 4.69) is 0 Å². The Bertz CT molecular complexity index is 1690. The van der Waals surface area contributed by atoms with Crippen molar-refractivity contribution in [1.82, 2.24) is 27.4 Å². The molecule has 0 atom stereocenters. The molecule has 250 valence electrons. The molecule has 3 rings (SSSR count). The van der Waals surface area contributed by atoms with Crippen LogP contribution in [0, 0.1) is 0 Å². The van der Waals surface area contributed by atoms with Crippen molar-refractivity contribution in [1.29, 1.82) is 0 Å². The van der Waals surface area contributed by atoms with Gasteiger partial charge in [0.25, 0.3) is 0 Å². The summed E-state index contributed by atoms with van der Waals surface area (Å²) in [6.07, 6.45) is 0. The second-order valence-corrected chi connectivity index (χ2v) is 9.35. The standard InChI is InChI=1S/C26H32N6O14/c33-11-5-27-21(39)28(6-12-34)24(42)31(23(27)41)9-15-45-19(37)17-1-2-18(4-3-17)20(38)46-16-10-32-25(43)29(7-13-35)22(40)30(8-14-36)26(32)44/h1-4,33-36H,5-16H2. The van der Waals surface area contributed by atoms with Gasteiger partial charge in [-0.2, -0.15) is 0 Å². The second kappa shape index (κ2) is 16.2. The van der Waals surface area contributed by atoms with Gasteiger partial charge >= 0.3 is 46.1 Å². The van der Waals surface area contributed by atoms with Gasteiger partial charge in [-0.05, 0) is 24.3 Å². The van der Waals surface area contributed by atoms with E-state index in [1.807, 2.05) is 0 Å². The number of benzene rings is 1. The summed E-state index contributed by atoms with van der Waals surface area (Å²) in [7, 11) is 0. The van der Waals surface area contributed by atoms with Crippen LogP contribution < -0.4 is 34.1 Å². The van der Waals surface area contributed by atoms with Gasteiger partial charge in [0.1, 0.15) is 13.2 Å². The van der Waals surface area contributed by atoms with E-state index in [4.69, 9.17) is 29.9 Å². The normalized spacial score (nSPS) is 11.0. The highest BCUT2D eigenvalue weighted by atomic mass is 16.5. The fourth-order valence-corrected chi connectivity index (χ4v) is 4.28. The Kier molecular flexibility index (Phi) is 12.4. The van der Waals surface area contributed by atoms with Gasteiger partial charge in [0.05, 0.1) is 76.8 Å². The molecule has 0 unspecified atom stereocenters. The largest absolute Gasteiger partial charge is 0.460 e. The van der Waals surface area contributed by atoms with Crippen molar-refractivity contribution in [2.75, 3.05) is 39.6 Å². The van der Waals surface area contributed by atoms with Gasteiger partial charge in [0.2, 0.25) is 0 Å². The van der Waals surface area contributed by atoms with Crippen molar-refractivity contribution in [3.63, 3.8) is 0 Å². The number of hydrogen-bond acceptors (Lipinski definition) is 14. The summed E-state index contributed by atoms with van der Waals surface area (Å²) in [6.45, 7) is -5.73. The Morgan fingerprint density at radius 3 is 0.870 bits per heavy atom. The average molecular weight is 653 g/mol. The highest BCUT2D eigenvalue weighted by Gasteiger charge is 2.18. The number of aliphatic hydroxyl groups is 4. The van der Waals surface area contributed by atoms with Crippen LogP contribution in [0.4, 0.5) is 0 Å². The number of carbonyl (C=O) groups is 2. The summed E-state index contributed by atoms with van der Waals surface area (Å²) in [6, 6.07) is 4.90. The smallest absolute Gasteiger partial charge is 0.338 e. The van der Waals surface area contributed by atoms with Crippen LogP contribution in [0.15, 0.2) is 53.0 Å². The monoisotopic (exact) mass is 652 g/mol. The molecule has 3 aromatic rings. The molecule has 0 spiro atoms. The lowest BCUT2D eigenvalue weighted by Crippen LogP contribution is -2.55. The maximum absolute atomic E-state index is 12.6. The SMILES string of the molecule is O=C(OCCn1c(=O)n(CCO)c(=O)n(CCO)c1=O)c1ccc(C(=O)OCCn2c(=O)n(CCO)c(=O)n(CCO)c2=O)cc1. The lowest BCUT2D eigenvalue weighted by Gasteiger charge is -2.13. The van der Waals surface area contributed by atoms with Gasteiger partial charge in [0, 0.05) is 0 Å². The highest BCUT2D eigenvalue weighted by Crippen LogP contribution is 2.08. The average Bonchev–Trinajstić information content (AvgIpc) is 3.04. The van der Waals surface area contributed by atoms with Crippen LogP contribution in [0.1, 0.15) is 20.7 Å². The molecule has 0 radical (unpaired) electrons. The van der Waals surface area contributed by atoms with E-state index < -0.39 is 125 Å². The van der Waals surface area contributed by atoms with Gasteiger partial charge in [-0.25, -0.2) is 65.8 Å². The molecule has 2 heterocycles. The first-order valence-electron chi connectivity index (χ1n) is 13.8. The molecule has 1 aromatic carbocycles. The molecule has 46 heavy (non-hydrogen) atoms. The summed E-state index contributed by atoms with van der Waals surface area (Å²) in [5, 5.41) is 36.6. The molecule has 0 fully saturated rings. The molecule has 0 bridgehead atoms. The molecule has 4 N–H and O–H groups in total. The molecule has 0 aliphatic rings. The first-order valence-corrected chi connectivity index (χ1v) is 13.8. The van der Waals surface area contributed by atoms with Crippen molar-refractivity contribution in [2.45, 2.75) is 39.3 Å². The van der Waals surface area contributed by atoms with Gasteiger partial charge in [-0.1, -0.05) is 0 Å². The third kappa shape index (κ3) is 7.72.